The molecule has 0 aliphatic heterocycles. The molecule has 1 heterocycles. The number of rotatable bonds is 6. The Hall–Kier alpha value is -3.55. The number of carbonyl (C=O) groups is 1. The van der Waals surface area contributed by atoms with Crippen molar-refractivity contribution in [2.45, 2.75) is 25.7 Å². The van der Waals surface area contributed by atoms with Gasteiger partial charge in [-0.15, -0.1) is 5.10 Å². The van der Waals surface area contributed by atoms with Crippen LogP contribution < -0.4 is 19.5 Å². The third-order valence-electron chi connectivity index (χ3n) is 5.17. The molecule has 1 aliphatic rings. The zero-order valence-corrected chi connectivity index (χ0v) is 17.2. The molecule has 30 heavy (non-hydrogen) atoms. The standard InChI is InChI=1S/C22H23N3O5/c1-27-17-11-16(12-18(28-2)19(17)29-3)21-24-25-22(30-21)23-20(26)15-9-8-13-6-4-5-7-14(13)10-15/h8-12H,4-7H2,1-3H3,(H,23,25,26). The van der Waals surface area contributed by atoms with Crippen LogP contribution in [0.3, 0.4) is 0 Å². The van der Waals surface area contributed by atoms with E-state index in [9.17, 15) is 4.79 Å². The highest BCUT2D eigenvalue weighted by atomic mass is 16.5. The van der Waals surface area contributed by atoms with Crippen molar-refractivity contribution in [2.75, 3.05) is 26.6 Å². The van der Waals surface area contributed by atoms with Crippen LogP contribution in [0.15, 0.2) is 34.7 Å². The molecule has 4 rings (SSSR count). The van der Waals surface area contributed by atoms with Gasteiger partial charge in [-0.05, 0) is 61.1 Å². The van der Waals surface area contributed by atoms with Crippen LogP contribution in [0.1, 0.15) is 34.3 Å². The molecule has 0 saturated heterocycles. The fourth-order valence-electron chi connectivity index (χ4n) is 3.64. The van der Waals surface area contributed by atoms with E-state index < -0.39 is 0 Å². The van der Waals surface area contributed by atoms with E-state index in [2.05, 4.69) is 15.5 Å². The summed E-state index contributed by atoms with van der Waals surface area (Å²) in [5.74, 6) is 1.32. The number of hydrogen-bond donors (Lipinski definition) is 1. The van der Waals surface area contributed by atoms with Gasteiger partial charge in [-0.25, -0.2) is 0 Å². The predicted octanol–water partition coefficient (Wildman–Crippen LogP) is 3.89. The van der Waals surface area contributed by atoms with Crippen molar-refractivity contribution in [3.63, 3.8) is 0 Å². The Morgan fingerprint density at radius 1 is 0.933 bits per heavy atom. The van der Waals surface area contributed by atoms with Crippen LogP contribution in [0.5, 0.6) is 17.2 Å². The van der Waals surface area contributed by atoms with Crippen molar-refractivity contribution >= 4 is 11.9 Å². The van der Waals surface area contributed by atoms with Crippen LogP contribution >= 0.6 is 0 Å². The molecule has 156 valence electrons. The number of methoxy groups -OCH3 is 3. The summed E-state index contributed by atoms with van der Waals surface area (Å²) in [6.07, 6.45) is 4.42. The number of amides is 1. The maximum Gasteiger partial charge on any atom is 0.322 e. The van der Waals surface area contributed by atoms with Gasteiger partial charge in [-0.3, -0.25) is 10.1 Å². The number of hydrogen-bond acceptors (Lipinski definition) is 7. The minimum absolute atomic E-state index is 0.0153. The minimum atomic E-state index is -0.288. The minimum Gasteiger partial charge on any atom is -0.493 e. The molecule has 1 N–H and O–H groups in total. The van der Waals surface area contributed by atoms with Crippen LogP contribution in [-0.4, -0.2) is 37.4 Å². The molecule has 0 atom stereocenters. The fourth-order valence-corrected chi connectivity index (χ4v) is 3.64. The molecule has 0 radical (unpaired) electrons. The zero-order chi connectivity index (χ0) is 21.1. The Morgan fingerprint density at radius 3 is 2.30 bits per heavy atom. The second kappa shape index (κ2) is 8.44. The molecule has 8 nitrogen and oxygen atoms in total. The van der Waals surface area contributed by atoms with Crippen molar-refractivity contribution in [2.24, 2.45) is 0 Å². The van der Waals surface area contributed by atoms with E-state index in [0.29, 0.717) is 28.4 Å². The molecule has 1 aliphatic carbocycles. The predicted molar refractivity (Wildman–Crippen MR) is 110 cm³/mol. The van der Waals surface area contributed by atoms with E-state index in [0.717, 1.165) is 19.3 Å². The molecule has 0 unspecified atom stereocenters. The molecular weight excluding hydrogens is 386 g/mol. The second-order valence-corrected chi connectivity index (χ2v) is 6.97. The molecule has 0 bridgehead atoms. The largest absolute Gasteiger partial charge is 0.493 e. The van der Waals surface area contributed by atoms with Gasteiger partial charge < -0.3 is 18.6 Å². The van der Waals surface area contributed by atoms with E-state index in [1.165, 1.54) is 38.9 Å². The van der Waals surface area contributed by atoms with Gasteiger partial charge >= 0.3 is 6.01 Å². The van der Waals surface area contributed by atoms with Gasteiger partial charge in [0.25, 0.3) is 5.91 Å². The highest BCUT2D eigenvalue weighted by Gasteiger charge is 2.19. The number of fused-ring (bicyclic) bond motifs is 1. The van der Waals surface area contributed by atoms with E-state index in [1.54, 1.807) is 12.1 Å². The molecule has 3 aromatic rings. The number of nitrogens with zero attached hydrogens (tertiary/aromatic N) is 2. The summed E-state index contributed by atoms with van der Waals surface area (Å²) in [7, 11) is 4.58. The van der Waals surface area contributed by atoms with E-state index in [-0.39, 0.29) is 17.8 Å². The van der Waals surface area contributed by atoms with Crippen molar-refractivity contribution in [1.29, 1.82) is 0 Å². The number of nitrogens with one attached hydrogen (secondary N) is 1. The maximum atomic E-state index is 12.6. The molecule has 1 amide bonds. The quantitative estimate of drug-likeness (QED) is 0.660. The van der Waals surface area contributed by atoms with Crippen molar-refractivity contribution in [3.05, 3.63) is 47.0 Å². The zero-order valence-electron chi connectivity index (χ0n) is 17.2. The Bertz CT molecular complexity index is 1050. The highest BCUT2D eigenvalue weighted by molar-refractivity contribution is 6.03. The first-order chi connectivity index (χ1) is 14.6. The molecule has 8 heteroatoms. The monoisotopic (exact) mass is 409 g/mol. The Labute approximate surface area is 174 Å². The molecule has 0 saturated carbocycles. The summed E-state index contributed by atoms with van der Waals surface area (Å²) in [4.78, 5) is 12.6. The fraction of sp³-hybridized carbons (Fsp3) is 0.318. The normalized spacial score (nSPS) is 12.8. The summed E-state index contributed by atoms with van der Waals surface area (Å²) in [5, 5.41) is 10.6. The Morgan fingerprint density at radius 2 is 1.63 bits per heavy atom. The van der Waals surface area contributed by atoms with Crippen molar-refractivity contribution < 1.29 is 23.4 Å². The summed E-state index contributed by atoms with van der Waals surface area (Å²) in [5.41, 5.74) is 3.70. The lowest BCUT2D eigenvalue weighted by molar-refractivity contribution is 0.102. The first-order valence-electron chi connectivity index (χ1n) is 9.70. The van der Waals surface area contributed by atoms with E-state index >= 15 is 0 Å². The van der Waals surface area contributed by atoms with E-state index in [4.69, 9.17) is 18.6 Å². The molecule has 0 spiro atoms. The SMILES string of the molecule is COc1cc(-c2nnc(NC(=O)c3ccc4c(c3)CCCC4)o2)cc(OC)c1OC. The van der Waals surface area contributed by atoms with E-state index in [1.807, 2.05) is 18.2 Å². The average Bonchev–Trinajstić information content (AvgIpc) is 3.26. The Balaban J connectivity index is 1.55. The van der Waals surface area contributed by atoms with Gasteiger partial charge in [0.1, 0.15) is 0 Å². The van der Waals surface area contributed by atoms with Gasteiger partial charge in [0.15, 0.2) is 11.5 Å². The van der Waals surface area contributed by atoms with Crippen LogP contribution in [0.2, 0.25) is 0 Å². The number of aromatic nitrogens is 2. The van der Waals surface area contributed by atoms with Crippen LogP contribution in [0.4, 0.5) is 6.01 Å². The van der Waals surface area contributed by atoms with Gasteiger partial charge in [0.2, 0.25) is 11.6 Å². The van der Waals surface area contributed by atoms with Crippen LogP contribution in [0.25, 0.3) is 11.5 Å². The third kappa shape index (κ3) is 3.80. The lowest BCUT2D eigenvalue weighted by atomic mass is 9.90. The second-order valence-electron chi connectivity index (χ2n) is 6.97. The first kappa shape index (κ1) is 19.8. The number of carbonyl (C=O) groups excluding carboxylic acids is 1. The number of anilines is 1. The van der Waals surface area contributed by atoms with Gasteiger partial charge in [0.05, 0.1) is 21.3 Å². The maximum absolute atomic E-state index is 12.6. The number of aryl methyl sites for hydroxylation is 2. The lowest BCUT2D eigenvalue weighted by Gasteiger charge is -2.16. The van der Waals surface area contributed by atoms with Crippen LogP contribution in [-0.2, 0) is 12.8 Å². The third-order valence-corrected chi connectivity index (χ3v) is 5.17. The van der Waals surface area contributed by atoms with Crippen molar-refractivity contribution in [3.8, 4) is 28.7 Å². The molecular formula is C22H23N3O5. The summed E-state index contributed by atoms with van der Waals surface area (Å²) < 4.78 is 21.7. The van der Waals surface area contributed by atoms with Crippen molar-refractivity contribution in [1.82, 2.24) is 10.2 Å². The first-order valence-corrected chi connectivity index (χ1v) is 9.70. The van der Waals surface area contributed by atoms with Gasteiger partial charge in [-0.2, -0.15) is 0 Å². The topological polar surface area (TPSA) is 95.7 Å². The lowest BCUT2D eigenvalue weighted by Crippen LogP contribution is -2.13. The number of benzene rings is 2. The average molecular weight is 409 g/mol. The van der Waals surface area contributed by atoms with Crippen LogP contribution in [0, 0.1) is 0 Å². The van der Waals surface area contributed by atoms with Gasteiger partial charge in [0, 0.05) is 11.1 Å². The van der Waals surface area contributed by atoms with Gasteiger partial charge in [-0.1, -0.05) is 11.2 Å². The summed E-state index contributed by atoms with van der Waals surface area (Å²) >= 11 is 0. The molecule has 1 aromatic heterocycles. The summed E-state index contributed by atoms with van der Waals surface area (Å²) in [6.45, 7) is 0. The summed E-state index contributed by atoms with van der Waals surface area (Å²) in [6, 6.07) is 9.21. The number of ether oxygens (including phenoxy) is 3. The molecule has 0 fully saturated rings. The highest BCUT2D eigenvalue weighted by Crippen LogP contribution is 2.41. The molecule has 2 aromatic carbocycles. The smallest absolute Gasteiger partial charge is 0.322 e. The Kier molecular flexibility index (Phi) is 5.56.